The van der Waals surface area contributed by atoms with E-state index < -0.39 is 0 Å². The van der Waals surface area contributed by atoms with Gasteiger partial charge in [0.15, 0.2) is 0 Å². The summed E-state index contributed by atoms with van der Waals surface area (Å²) in [6.45, 7) is 2.36. The van der Waals surface area contributed by atoms with Crippen LogP contribution in [-0.4, -0.2) is 31.1 Å². The predicted molar refractivity (Wildman–Crippen MR) is 70.2 cm³/mol. The molecule has 0 amide bonds. The van der Waals surface area contributed by atoms with Crippen molar-refractivity contribution >= 4 is 5.57 Å². The van der Waals surface area contributed by atoms with Crippen LogP contribution in [-0.2, 0) is 0 Å². The van der Waals surface area contributed by atoms with Crippen molar-refractivity contribution in [2.24, 2.45) is 0 Å². The molecule has 0 aromatic heterocycles. The molecule has 1 aliphatic carbocycles. The van der Waals surface area contributed by atoms with Crippen LogP contribution in [0, 0.1) is 0 Å². The normalized spacial score (nSPS) is 21.1. The second-order valence-corrected chi connectivity index (χ2v) is 4.93. The molecule has 0 unspecified atom stereocenters. The Labute approximate surface area is 103 Å². The Bertz CT molecular complexity index is 417. The van der Waals surface area contributed by atoms with Crippen LogP contribution in [0.25, 0.3) is 5.57 Å². The Balaban J connectivity index is 1.71. The number of hydrogen-bond acceptors (Lipinski definition) is 2. The molecular weight excluding hydrogens is 210 g/mol. The third-order valence-electron chi connectivity index (χ3n) is 3.76. The Hall–Kier alpha value is -1.28. The zero-order valence-corrected chi connectivity index (χ0v) is 10.4. The fourth-order valence-corrected chi connectivity index (χ4v) is 2.52. The summed E-state index contributed by atoms with van der Waals surface area (Å²) in [5.41, 5.74) is 2.84. The summed E-state index contributed by atoms with van der Waals surface area (Å²) in [4.78, 5) is 2.60. The maximum atomic E-state index is 5.19. The lowest BCUT2D eigenvalue weighted by atomic mass is 9.99. The fraction of sp³-hybridized carbons (Fsp3) is 0.467. The number of ether oxygens (including phenoxy) is 1. The van der Waals surface area contributed by atoms with E-state index in [1.54, 1.807) is 7.11 Å². The first kappa shape index (κ1) is 10.8. The molecule has 0 spiro atoms. The zero-order valence-electron chi connectivity index (χ0n) is 10.4. The molecular formula is C15H19NO. The van der Waals surface area contributed by atoms with Crippen LogP contribution in [0.1, 0.15) is 24.8 Å². The van der Waals surface area contributed by atoms with Crippen molar-refractivity contribution in [2.75, 3.05) is 20.2 Å². The third-order valence-corrected chi connectivity index (χ3v) is 3.76. The monoisotopic (exact) mass is 229 g/mol. The second-order valence-electron chi connectivity index (χ2n) is 4.93. The van der Waals surface area contributed by atoms with E-state index in [2.05, 4.69) is 23.1 Å². The van der Waals surface area contributed by atoms with Crippen molar-refractivity contribution in [1.29, 1.82) is 0 Å². The van der Waals surface area contributed by atoms with E-state index in [0.29, 0.717) is 0 Å². The average molecular weight is 229 g/mol. The Morgan fingerprint density at radius 1 is 1.18 bits per heavy atom. The Morgan fingerprint density at radius 2 is 1.94 bits per heavy atom. The molecule has 90 valence electrons. The van der Waals surface area contributed by atoms with Crippen LogP contribution in [0.3, 0.4) is 0 Å². The smallest absolute Gasteiger partial charge is 0.118 e. The Kier molecular flexibility index (Phi) is 2.89. The highest BCUT2D eigenvalue weighted by Gasteiger charge is 2.29. The van der Waals surface area contributed by atoms with Gasteiger partial charge in [0.2, 0.25) is 0 Å². The van der Waals surface area contributed by atoms with E-state index in [1.807, 2.05) is 12.1 Å². The lowest BCUT2D eigenvalue weighted by molar-refractivity contribution is 0.291. The molecule has 1 saturated carbocycles. The minimum absolute atomic E-state index is 0.892. The van der Waals surface area contributed by atoms with Gasteiger partial charge in [-0.15, -0.1) is 0 Å². The van der Waals surface area contributed by atoms with Crippen LogP contribution in [0.2, 0.25) is 0 Å². The SMILES string of the molecule is COc1ccc(C2=CCN(C3CC3)CC2)cc1. The summed E-state index contributed by atoms with van der Waals surface area (Å²) in [6.07, 6.45) is 6.39. The maximum Gasteiger partial charge on any atom is 0.118 e. The topological polar surface area (TPSA) is 12.5 Å². The first-order chi connectivity index (χ1) is 8.36. The van der Waals surface area contributed by atoms with E-state index in [1.165, 1.54) is 36.9 Å². The number of hydrogen-bond donors (Lipinski definition) is 0. The van der Waals surface area contributed by atoms with E-state index in [-0.39, 0.29) is 0 Å². The summed E-state index contributed by atoms with van der Waals surface area (Å²) in [7, 11) is 1.71. The van der Waals surface area contributed by atoms with Gasteiger partial charge in [-0.3, -0.25) is 4.90 Å². The summed E-state index contributed by atoms with van der Waals surface area (Å²) < 4.78 is 5.19. The molecule has 2 nitrogen and oxygen atoms in total. The zero-order chi connectivity index (χ0) is 11.7. The first-order valence-electron chi connectivity index (χ1n) is 6.44. The molecule has 0 bridgehead atoms. The quantitative estimate of drug-likeness (QED) is 0.790. The highest BCUT2D eigenvalue weighted by Crippen LogP contribution is 2.31. The van der Waals surface area contributed by atoms with Gasteiger partial charge in [-0.05, 0) is 42.5 Å². The van der Waals surface area contributed by atoms with Crippen LogP contribution in [0.15, 0.2) is 30.3 Å². The highest BCUT2D eigenvalue weighted by atomic mass is 16.5. The minimum Gasteiger partial charge on any atom is -0.497 e. The van der Waals surface area contributed by atoms with Crippen molar-refractivity contribution in [3.63, 3.8) is 0 Å². The minimum atomic E-state index is 0.892. The van der Waals surface area contributed by atoms with E-state index in [4.69, 9.17) is 4.74 Å². The van der Waals surface area contributed by atoms with Crippen molar-refractivity contribution in [3.8, 4) is 5.75 Å². The van der Waals surface area contributed by atoms with Crippen molar-refractivity contribution in [3.05, 3.63) is 35.9 Å². The van der Waals surface area contributed by atoms with Gasteiger partial charge in [0.1, 0.15) is 5.75 Å². The lowest BCUT2D eigenvalue weighted by Crippen LogP contribution is -2.30. The molecule has 2 heteroatoms. The molecule has 0 saturated heterocycles. The number of rotatable bonds is 3. The molecule has 1 fully saturated rings. The van der Waals surface area contributed by atoms with Gasteiger partial charge in [-0.25, -0.2) is 0 Å². The molecule has 1 aliphatic heterocycles. The molecule has 0 N–H and O–H groups in total. The molecule has 0 atom stereocenters. The van der Waals surface area contributed by atoms with Gasteiger partial charge in [0.05, 0.1) is 7.11 Å². The molecule has 1 aromatic carbocycles. The number of benzene rings is 1. The summed E-state index contributed by atoms with van der Waals surface area (Å²) in [6, 6.07) is 9.31. The van der Waals surface area contributed by atoms with Crippen LogP contribution in [0.4, 0.5) is 0 Å². The van der Waals surface area contributed by atoms with Gasteiger partial charge in [0, 0.05) is 19.1 Å². The van der Waals surface area contributed by atoms with E-state index in [0.717, 1.165) is 18.3 Å². The highest BCUT2D eigenvalue weighted by molar-refractivity contribution is 5.67. The standard InChI is InChI=1S/C15H19NO/c1-17-15-6-2-12(3-7-15)13-8-10-16(11-9-13)14-4-5-14/h2-3,6-8,14H,4-5,9-11H2,1H3. The summed E-state index contributed by atoms with van der Waals surface area (Å²) in [5, 5.41) is 0. The molecule has 1 aromatic rings. The van der Waals surface area contributed by atoms with Gasteiger partial charge >= 0.3 is 0 Å². The fourth-order valence-electron chi connectivity index (χ4n) is 2.52. The molecule has 0 radical (unpaired) electrons. The van der Waals surface area contributed by atoms with Crippen molar-refractivity contribution in [2.45, 2.75) is 25.3 Å². The van der Waals surface area contributed by atoms with Gasteiger partial charge in [-0.2, -0.15) is 0 Å². The van der Waals surface area contributed by atoms with Crippen LogP contribution >= 0.6 is 0 Å². The molecule has 17 heavy (non-hydrogen) atoms. The average Bonchev–Trinajstić information content (AvgIpc) is 3.24. The maximum absolute atomic E-state index is 5.19. The number of nitrogens with zero attached hydrogens (tertiary/aromatic N) is 1. The van der Waals surface area contributed by atoms with Crippen LogP contribution < -0.4 is 4.74 Å². The molecule has 3 rings (SSSR count). The lowest BCUT2D eigenvalue weighted by Gasteiger charge is -2.26. The molecule has 2 aliphatic rings. The summed E-state index contributed by atoms with van der Waals surface area (Å²) >= 11 is 0. The van der Waals surface area contributed by atoms with E-state index >= 15 is 0 Å². The van der Waals surface area contributed by atoms with Crippen molar-refractivity contribution < 1.29 is 4.74 Å². The predicted octanol–water partition coefficient (Wildman–Crippen LogP) is 2.95. The van der Waals surface area contributed by atoms with Gasteiger partial charge in [-0.1, -0.05) is 18.2 Å². The summed E-state index contributed by atoms with van der Waals surface area (Å²) in [5.74, 6) is 0.935. The van der Waals surface area contributed by atoms with E-state index in [9.17, 15) is 0 Å². The van der Waals surface area contributed by atoms with Crippen molar-refractivity contribution in [1.82, 2.24) is 4.90 Å². The Morgan fingerprint density at radius 3 is 2.47 bits per heavy atom. The van der Waals surface area contributed by atoms with Crippen LogP contribution in [0.5, 0.6) is 5.75 Å². The van der Waals surface area contributed by atoms with Gasteiger partial charge in [0.25, 0.3) is 0 Å². The van der Waals surface area contributed by atoms with Gasteiger partial charge < -0.3 is 4.74 Å². The largest absolute Gasteiger partial charge is 0.497 e. The first-order valence-corrected chi connectivity index (χ1v) is 6.44. The molecule has 1 heterocycles. The second kappa shape index (κ2) is 4.53. The third kappa shape index (κ3) is 2.37. The number of methoxy groups -OCH3 is 1.